The van der Waals surface area contributed by atoms with Gasteiger partial charge in [0.25, 0.3) is 0 Å². The molecular weight excluding hydrogens is 181 g/mol. The third-order valence-corrected chi connectivity index (χ3v) is 1.42. The molecule has 1 nitrogen and oxygen atoms in total. The highest BCUT2D eigenvalue weighted by Gasteiger charge is 1.89. The summed E-state index contributed by atoms with van der Waals surface area (Å²) >= 11 is 10.7. The third-order valence-electron chi connectivity index (χ3n) is 1.25. The topological polar surface area (TPSA) is 12.4 Å². The smallest absolute Gasteiger partial charge is 0.197 e. The molecule has 0 saturated heterocycles. The lowest BCUT2D eigenvalue weighted by Crippen LogP contribution is -1.71. The summed E-state index contributed by atoms with van der Waals surface area (Å²) in [5.74, 6) is 0. The number of hydrogen-bond acceptors (Lipinski definition) is 1. The van der Waals surface area contributed by atoms with Crippen molar-refractivity contribution in [3.63, 3.8) is 0 Å². The molecule has 0 aromatic heterocycles. The van der Waals surface area contributed by atoms with Crippen LogP contribution in [-0.4, -0.2) is 4.63 Å². The minimum Gasteiger partial charge on any atom is -0.225 e. The quantitative estimate of drug-likeness (QED) is 0.598. The Kier molecular flexibility index (Phi) is 2.92. The van der Waals surface area contributed by atoms with Crippen molar-refractivity contribution in [2.75, 3.05) is 0 Å². The van der Waals surface area contributed by atoms with E-state index in [1.807, 2.05) is 31.2 Å². The van der Waals surface area contributed by atoms with E-state index in [0.717, 1.165) is 5.69 Å². The minimum atomic E-state index is 0.0360. The first-order valence-corrected chi connectivity index (χ1v) is 3.90. The van der Waals surface area contributed by atoms with E-state index < -0.39 is 0 Å². The van der Waals surface area contributed by atoms with Crippen molar-refractivity contribution in [1.82, 2.24) is 0 Å². The van der Waals surface area contributed by atoms with Gasteiger partial charge >= 0.3 is 0 Å². The van der Waals surface area contributed by atoms with E-state index >= 15 is 0 Å². The zero-order valence-corrected chi connectivity index (χ0v) is 7.52. The standard InChI is InChI=1S/C8H7Cl2N/c1-6-2-4-7(5-3-6)11-8(9)10/h2-5H,1H3. The molecule has 1 aromatic carbocycles. The van der Waals surface area contributed by atoms with Gasteiger partial charge in [0, 0.05) is 0 Å². The molecule has 0 atom stereocenters. The summed E-state index contributed by atoms with van der Waals surface area (Å²) in [4.78, 5) is 3.85. The normalized spacial score (nSPS) is 9.36. The van der Waals surface area contributed by atoms with Crippen molar-refractivity contribution < 1.29 is 0 Å². The lowest BCUT2D eigenvalue weighted by atomic mass is 10.2. The van der Waals surface area contributed by atoms with E-state index in [0.29, 0.717) is 0 Å². The number of benzene rings is 1. The lowest BCUT2D eigenvalue weighted by Gasteiger charge is -1.93. The van der Waals surface area contributed by atoms with E-state index in [1.165, 1.54) is 5.56 Å². The fourth-order valence-corrected chi connectivity index (χ4v) is 0.912. The zero-order chi connectivity index (χ0) is 8.27. The maximum absolute atomic E-state index is 5.37. The minimum absolute atomic E-state index is 0.0360. The number of hydrogen-bond donors (Lipinski definition) is 0. The molecule has 0 saturated carbocycles. The van der Waals surface area contributed by atoms with Crippen LogP contribution in [0, 0.1) is 6.92 Å². The van der Waals surface area contributed by atoms with Crippen LogP contribution in [0.25, 0.3) is 0 Å². The van der Waals surface area contributed by atoms with Crippen LogP contribution >= 0.6 is 23.2 Å². The van der Waals surface area contributed by atoms with Gasteiger partial charge in [0.2, 0.25) is 0 Å². The van der Waals surface area contributed by atoms with Gasteiger partial charge in [-0.05, 0) is 42.3 Å². The molecular formula is C8H7Cl2N. The third kappa shape index (κ3) is 2.91. The summed E-state index contributed by atoms with van der Waals surface area (Å²) in [6.45, 7) is 2.01. The summed E-state index contributed by atoms with van der Waals surface area (Å²) in [5.41, 5.74) is 1.96. The monoisotopic (exact) mass is 187 g/mol. The van der Waals surface area contributed by atoms with Crippen LogP contribution in [0.15, 0.2) is 29.3 Å². The lowest BCUT2D eigenvalue weighted by molar-refractivity contribution is 1.44. The summed E-state index contributed by atoms with van der Waals surface area (Å²) in [5, 5.41) is 0. The Hall–Kier alpha value is -0.530. The van der Waals surface area contributed by atoms with Gasteiger partial charge in [-0.2, -0.15) is 0 Å². The number of halogens is 2. The highest BCUT2D eigenvalue weighted by Crippen LogP contribution is 2.14. The Bertz CT molecular complexity index is 260. The molecule has 0 heterocycles. The van der Waals surface area contributed by atoms with Gasteiger partial charge in [-0.1, -0.05) is 17.7 Å². The summed E-state index contributed by atoms with van der Waals surface area (Å²) in [7, 11) is 0. The van der Waals surface area contributed by atoms with Crippen LogP contribution in [0.2, 0.25) is 0 Å². The second-order valence-electron chi connectivity index (χ2n) is 2.19. The number of aryl methyl sites for hydroxylation is 1. The summed E-state index contributed by atoms with van der Waals surface area (Å²) in [6, 6.07) is 7.63. The average Bonchev–Trinajstić information content (AvgIpc) is 1.93. The summed E-state index contributed by atoms with van der Waals surface area (Å²) < 4.78 is 0.0360. The molecule has 0 aliphatic rings. The second-order valence-corrected chi connectivity index (χ2v) is 3.10. The molecule has 0 aliphatic heterocycles. The maximum Gasteiger partial charge on any atom is 0.197 e. The average molecular weight is 188 g/mol. The van der Waals surface area contributed by atoms with E-state index in [2.05, 4.69) is 4.99 Å². The van der Waals surface area contributed by atoms with E-state index in [-0.39, 0.29) is 4.63 Å². The molecule has 0 N–H and O–H groups in total. The molecule has 0 bridgehead atoms. The van der Waals surface area contributed by atoms with Gasteiger partial charge in [0.15, 0.2) is 4.63 Å². The van der Waals surface area contributed by atoms with Crippen molar-refractivity contribution in [2.24, 2.45) is 4.99 Å². The molecule has 0 spiro atoms. The van der Waals surface area contributed by atoms with Crippen LogP contribution in [0.3, 0.4) is 0 Å². The first kappa shape index (κ1) is 8.57. The van der Waals surface area contributed by atoms with Crippen LogP contribution in [0.5, 0.6) is 0 Å². The number of rotatable bonds is 1. The molecule has 0 fully saturated rings. The van der Waals surface area contributed by atoms with Crippen LogP contribution in [0.1, 0.15) is 5.56 Å². The zero-order valence-electron chi connectivity index (χ0n) is 6.01. The Balaban J connectivity index is 2.91. The van der Waals surface area contributed by atoms with Crippen molar-refractivity contribution in [3.8, 4) is 0 Å². The number of aliphatic imine (C=N–C) groups is 1. The van der Waals surface area contributed by atoms with Crippen molar-refractivity contribution in [3.05, 3.63) is 29.8 Å². The largest absolute Gasteiger partial charge is 0.225 e. The van der Waals surface area contributed by atoms with Gasteiger partial charge < -0.3 is 0 Å². The fourth-order valence-electron chi connectivity index (χ4n) is 0.717. The Morgan fingerprint density at radius 2 is 1.73 bits per heavy atom. The van der Waals surface area contributed by atoms with Gasteiger partial charge in [-0.15, -0.1) is 0 Å². The van der Waals surface area contributed by atoms with Crippen LogP contribution in [0.4, 0.5) is 5.69 Å². The van der Waals surface area contributed by atoms with E-state index in [4.69, 9.17) is 23.2 Å². The van der Waals surface area contributed by atoms with Gasteiger partial charge in [0.1, 0.15) is 0 Å². The van der Waals surface area contributed by atoms with Gasteiger partial charge in [-0.3, -0.25) is 0 Å². The molecule has 3 heteroatoms. The maximum atomic E-state index is 5.37. The van der Waals surface area contributed by atoms with Crippen LogP contribution < -0.4 is 0 Å². The molecule has 0 unspecified atom stereocenters. The molecule has 0 aliphatic carbocycles. The molecule has 0 radical (unpaired) electrons. The molecule has 1 aromatic rings. The van der Waals surface area contributed by atoms with E-state index in [9.17, 15) is 0 Å². The van der Waals surface area contributed by atoms with Crippen molar-refractivity contribution in [2.45, 2.75) is 6.92 Å². The van der Waals surface area contributed by atoms with Gasteiger partial charge in [0.05, 0.1) is 5.69 Å². The Labute approximate surface area is 75.7 Å². The Morgan fingerprint density at radius 3 is 2.18 bits per heavy atom. The first-order valence-electron chi connectivity index (χ1n) is 3.15. The van der Waals surface area contributed by atoms with Crippen molar-refractivity contribution >= 4 is 33.5 Å². The summed E-state index contributed by atoms with van der Waals surface area (Å²) in [6.07, 6.45) is 0. The molecule has 11 heavy (non-hydrogen) atoms. The second kappa shape index (κ2) is 3.74. The van der Waals surface area contributed by atoms with E-state index in [1.54, 1.807) is 0 Å². The molecule has 58 valence electrons. The molecule has 1 rings (SSSR count). The highest BCUT2D eigenvalue weighted by molar-refractivity contribution is 6.95. The SMILES string of the molecule is Cc1ccc(N=C(Cl)Cl)cc1. The predicted molar refractivity (Wildman–Crippen MR) is 50.0 cm³/mol. The first-order chi connectivity index (χ1) is 5.18. The van der Waals surface area contributed by atoms with Crippen LogP contribution in [-0.2, 0) is 0 Å². The number of nitrogens with zero attached hydrogens (tertiary/aromatic N) is 1. The predicted octanol–water partition coefficient (Wildman–Crippen LogP) is 3.46. The van der Waals surface area contributed by atoms with Gasteiger partial charge in [-0.25, -0.2) is 4.99 Å². The Morgan fingerprint density at radius 1 is 1.18 bits per heavy atom. The highest BCUT2D eigenvalue weighted by atomic mass is 35.5. The van der Waals surface area contributed by atoms with Crippen molar-refractivity contribution in [1.29, 1.82) is 0 Å². The fraction of sp³-hybridized carbons (Fsp3) is 0.125. The molecule has 0 amide bonds.